The van der Waals surface area contributed by atoms with Gasteiger partial charge in [-0.05, 0) is 12.1 Å². The Hall–Kier alpha value is -2.63. The Morgan fingerprint density at radius 2 is 2.16 bits per heavy atom. The van der Waals surface area contributed by atoms with Crippen molar-refractivity contribution in [1.29, 1.82) is 0 Å². The number of aromatic amines is 1. The number of nitrogens with zero attached hydrogens (tertiary/aromatic N) is 1. The fraction of sp³-hybridized carbons (Fsp3) is 0.154. The van der Waals surface area contributed by atoms with Crippen LogP contribution in [0, 0.1) is 0 Å². The number of benzene rings is 1. The molecule has 1 aromatic heterocycles. The highest BCUT2D eigenvalue weighted by atomic mass is 16.4. The van der Waals surface area contributed by atoms with Gasteiger partial charge < -0.3 is 15.4 Å². The second-order valence-corrected chi connectivity index (χ2v) is 3.96. The van der Waals surface area contributed by atoms with E-state index in [9.17, 15) is 9.59 Å². The number of anilines is 1. The maximum atomic E-state index is 11.5. The van der Waals surface area contributed by atoms with Crippen LogP contribution in [-0.2, 0) is 9.59 Å². The smallest absolute Gasteiger partial charge is 0.303 e. The molecule has 0 saturated heterocycles. The summed E-state index contributed by atoms with van der Waals surface area (Å²) in [6.45, 7) is 0. The Morgan fingerprint density at radius 3 is 2.84 bits per heavy atom. The van der Waals surface area contributed by atoms with E-state index in [4.69, 9.17) is 5.11 Å². The standard InChI is InChI=1S/C13H13N3O3/c17-11(4-5-12(18)19)16-10-3-1-2-9(8-10)13-14-6-7-15-13/h1-3,6-8H,4-5H2,(H,14,15)(H,16,17)(H,18,19). The molecule has 0 aliphatic carbocycles. The van der Waals surface area contributed by atoms with Crippen molar-refractivity contribution < 1.29 is 14.7 Å². The van der Waals surface area contributed by atoms with E-state index in [1.807, 2.05) is 6.07 Å². The molecule has 0 aliphatic rings. The number of hydrogen-bond donors (Lipinski definition) is 3. The normalized spacial score (nSPS) is 10.1. The summed E-state index contributed by atoms with van der Waals surface area (Å²) in [5, 5.41) is 11.2. The summed E-state index contributed by atoms with van der Waals surface area (Å²) in [5.41, 5.74) is 1.46. The van der Waals surface area contributed by atoms with Crippen molar-refractivity contribution in [3.63, 3.8) is 0 Å². The summed E-state index contributed by atoms with van der Waals surface area (Å²) in [4.78, 5) is 29.0. The quantitative estimate of drug-likeness (QED) is 0.764. The van der Waals surface area contributed by atoms with Crippen LogP contribution in [-0.4, -0.2) is 27.0 Å². The van der Waals surface area contributed by atoms with Crippen molar-refractivity contribution in [3.8, 4) is 11.4 Å². The minimum absolute atomic E-state index is 0.0414. The van der Waals surface area contributed by atoms with Crippen LogP contribution in [0.15, 0.2) is 36.7 Å². The number of aliphatic carboxylic acids is 1. The van der Waals surface area contributed by atoms with Gasteiger partial charge in [0, 0.05) is 30.1 Å². The third-order valence-electron chi connectivity index (χ3n) is 2.48. The SMILES string of the molecule is O=C(O)CCC(=O)Nc1cccc(-c2ncc[nH]2)c1. The van der Waals surface area contributed by atoms with Crippen LogP contribution in [0.3, 0.4) is 0 Å². The minimum Gasteiger partial charge on any atom is -0.481 e. The van der Waals surface area contributed by atoms with E-state index < -0.39 is 5.97 Å². The number of hydrogen-bond acceptors (Lipinski definition) is 3. The highest BCUT2D eigenvalue weighted by Gasteiger charge is 2.07. The molecule has 2 aromatic rings. The first kappa shape index (κ1) is 12.8. The number of amides is 1. The lowest BCUT2D eigenvalue weighted by Crippen LogP contribution is -2.13. The minimum atomic E-state index is -0.987. The van der Waals surface area contributed by atoms with Crippen LogP contribution in [0.4, 0.5) is 5.69 Å². The Morgan fingerprint density at radius 1 is 1.32 bits per heavy atom. The first-order valence-corrected chi connectivity index (χ1v) is 5.76. The molecule has 0 atom stereocenters. The lowest BCUT2D eigenvalue weighted by atomic mass is 10.2. The molecule has 19 heavy (non-hydrogen) atoms. The highest BCUT2D eigenvalue weighted by molar-refractivity contribution is 5.92. The van der Waals surface area contributed by atoms with E-state index in [1.54, 1.807) is 30.6 Å². The van der Waals surface area contributed by atoms with Crippen molar-refractivity contribution in [2.45, 2.75) is 12.8 Å². The summed E-state index contributed by atoms with van der Waals surface area (Å²) in [5.74, 6) is -0.597. The zero-order chi connectivity index (χ0) is 13.7. The van der Waals surface area contributed by atoms with Gasteiger partial charge in [-0.25, -0.2) is 4.98 Å². The summed E-state index contributed by atoms with van der Waals surface area (Å²) in [6, 6.07) is 7.18. The van der Waals surface area contributed by atoms with Crippen molar-refractivity contribution in [2.75, 3.05) is 5.32 Å². The average Bonchev–Trinajstić information content (AvgIpc) is 2.90. The van der Waals surface area contributed by atoms with Gasteiger partial charge in [0.15, 0.2) is 0 Å². The van der Waals surface area contributed by atoms with E-state index in [-0.39, 0.29) is 18.7 Å². The molecule has 1 heterocycles. The van der Waals surface area contributed by atoms with Gasteiger partial charge in [-0.2, -0.15) is 0 Å². The number of rotatable bonds is 5. The van der Waals surface area contributed by atoms with Crippen LogP contribution in [0.1, 0.15) is 12.8 Å². The molecular formula is C13H13N3O3. The van der Waals surface area contributed by atoms with Gasteiger partial charge in [0.1, 0.15) is 5.82 Å². The molecule has 3 N–H and O–H groups in total. The van der Waals surface area contributed by atoms with E-state index in [0.717, 1.165) is 5.56 Å². The van der Waals surface area contributed by atoms with E-state index >= 15 is 0 Å². The molecule has 0 radical (unpaired) electrons. The predicted octanol–water partition coefficient (Wildman–Crippen LogP) is 1.88. The molecule has 0 bridgehead atoms. The number of carbonyl (C=O) groups excluding carboxylic acids is 1. The number of aromatic nitrogens is 2. The van der Waals surface area contributed by atoms with Crippen molar-refractivity contribution in [3.05, 3.63) is 36.7 Å². The maximum Gasteiger partial charge on any atom is 0.303 e. The molecule has 6 nitrogen and oxygen atoms in total. The first-order valence-electron chi connectivity index (χ1n) is 5.76. The second-order valence-electron chi connectivity index (χ2n) is 3.96. The van der Waals surface area contributed by atoms with E-state index in [0.29, 0.717) is 11.5 Å². The summed E-state index contributed by atoms with van der Waals surface area (Å²) >= 11 is 0. The zero-order valence-electron chi connectivity index (χ0n) is 10.1. The number of carboxylic acid groups (broad SMARTS) is 1. The monoisotopic (exact) mass is 259 g/mol. The lowest BCUT2D eigenvalue weighted by molar-refractivity contribution is -0.138. The zero-order valence-corrected chi connectivity index (χ0v) is 10.1. The first-order chi connectivity index (χ1) is 9.15. The van der Waals surface area contributed by atoms with Crippen LogP contribution >= 0.6 is 0 Å². The van der Waals surface area contributed by atoms with Crippen molar-refractivity contribution in [2.24, 2.45) is 0 Å². The Kier molecular flexibility index (Phi) is 3.92. The molecule has 0 aliphatic heterocycles. The highest BCUT2D eigenvalue weighted by Crippen LogP contribution is 2.19. The van der Waals surface area contributed by atoms with Gasteiger partial charge in [0.2, 0.25) is 5.91 Å². The topological polar surface area (TPSA) is 95.1 Å². The molecule has 1 amide bonds. The third kappa shape index (κ3) is 3.67. The molecule has 98 valence electrons. The molecular weight excluding hydrogens is 246 g/mol. The molecule has 0 fully saturated rings. The van der Waals surface area contributed by atoms with Crippen LogP contribution in [0.2, 0.25) is 0 Å². The van der Waals surface area contributed by atoms with Gasteiger partial charge in [-0.3, -0.25) is 9.59 Å². The second kappa shape index (κ2) is 5.81. The maximum absolute atomic E-state index is 11.5. The van der Waals surface area contributed by atoms with Crippen LogP contribution < -0.4 is 5.32 Å². The van der Waals surface area contributed by atoms with Crippen molar-refractivity contribution >= 4 is 17.6 Å². The van der Waals surface area contributed by atoms with Crippen molar-refractivity contribution in [1.82, 2.24) is 9.97 Å². The molecule has 1 aromatic carbocycles. The molecule has 0 unspecified atom stereocenters. The van der Waals surface area contributed by atoms with Gasteiger partial charge in [-0.1, -0.05) is 12.1 Å². The number of imidazole rings is 1. The third-order valence-corrected chi connectivity index (χ3v) is 2.48. The van der Waals surface area contributed by atoms with Gasteiger partial charge in [0.05, 0.1) is 6.42 Å². The number of carboxylic acids is 1. The van der Waals surface area contributed by atoms with Gasteiger partial charge in [0.25, 0.3) is 0 Å². The van der Waals surface area contributed by atoms with Gasteiger partial charge >= 0.3 is 5.97 Å². The summed E-state index contributed by atoms with van der Waals surface area (Å²) < 4.78 is 0. The van der Waals surface area contributed by atoms with Crippen LogP contribution in [0.5, 0.6) is 0 Å². The van der Waals surface area contributed by atoms with E-state index in [1.165, 1.54) is 0 Å². The Bertz CT molecular complexity index is 579. The lowest BCUT2D eigenvalue weighted by Gasteiger charge is -2.05. The largest absolute Gasteiger partial charge is 0.481 e. The number of nitrogens with one attached hydrogen (secondary N) is 2. The van der Waals surface area contributed by atoms with E-state index in [2.05, 4.69) is 15.3 Å². The number of H-pyrrole nitrogens is 1. The molecule has 6 heteroatoms. The predicted molar refractivity (Wildman–Crippen MR) is 69.5 cm³/mol. The summed E-state index contributed by atoms with van der Waals surface area (Å²) in [7, 11) is 0. The fourth-order valence-electron chi connectivity index (χ4n) is 1.61. The molecule has 2 rings (SSSR count). The molecule has 0 spiro atoms. The fourth-order valence-corrected chi connectivity index (χ4v) is 1.61. The summed E-state index contributed by atoms with van der Waals surface area (Å²) in [6.07, 6.45) is 3.14. The Balaban J connectivity index is 2.03. The Labute approximate surface area is 109 Å². The van der Waals surface area contributed by atoms with Gasteiger partial charge in [-0.15, -0.1) is 0 Å². The average molecular weight is 259 g/mol. The molecule has 0 saturated carbocycles. The number of carbonyl (C=O) groups is 2. The van der Waals surface area contributed by atoms with Crippen LogP contribution in [0.25, 0.3) is 11.4 Å².